The Morgan fingerprint density at radius 2 is 2.19 bits per heavy atom. The minimum absolute atomic E-state index is 0.00615. The van der Waals surface area contributed by atoms with E-state index in [4.69, 9.17) is 10.00 Å². The number of carbonyl (C=O) groups excluding carboxylic acids is 1. The number of ether oxygens (including phenoxy) is 1. The first-order valence-corrected chi connectivity index (χ1v) is 8.30. The largest absolute Gasteiger partial charge is 0.477 e. The number of hydrogen-bond acceptors (Lipinski definition) is 5. The molecule has 1 amide bonds. The molecule has 8 heteroatoms. The lowest BCUT2D eigenvalue weighted by molar-refractivity contribution is -0.132. The van der Waals surface area contributed by atoms with Crippen LogP contribution in [0, 0.1) is 11.3 Å². The van der Waals surface area contributed by atoms with Gasteiger partial charge in [0.25, 0.3) is 0 Å². The highest BCUT2D eigenvalue weighted by molar-refractivity contribution is 5.97. The average molecular weight is 354 g/mol. The predicted octanol–water partition coefficient (Wildman–Crippen LogP) is 2.61. The zero-order valence-electron chi connectivity index (χ0n) is 14.2. The highest BCUT2D eigenvalue weighted by atomic mass is 16.5. The molecule has 1 fully saturated rings. The number of carboxylic acids is 1. The maximum absolute atomic E-state index is 11.4. The van der Waals surface area contributed by atoms with Crippen LogP contribution in [-0.4, -0.2) is 32.5 Å². The summed E-state index contributed by atoms with van der Waals surface area (Å²) in [4.78, 5) is 27.1. The Bertz CT molecular complexity index is 933. The van der Waals surface area contributed by atoms with Crippen LogP contribution >= 0.6 is 0 Å². The minimum atomic E-state index is -1.33. The van der Waals surface area contributed by atoms with Crippen molar-refractivity contribution in [2.45, 2.75) is 38.7 Å². The number of hydrogen-bond donors (Lipinski definition) is 2. The summed E-state index contributed by atoms with van der Waals surface area (Å²) in [5.41, 5.74) is 0.834. The summed E-state index contributed by atoms with van der Waals surface area (Å²) in [6.45, 7) is 1.39. The van der Waals surface area contributed by atoms with E-state index in [0.29, 0.717) is 17.0 Å². The number of nitrogens with one attached hydrogen (secondary N) is 1. The first-order valence-electron chi connectivity index (χ1n) is 8.30. The van der Waals surface area contributed by atoms with E-state index in [0.717, 1.165) is 25.7 Å². The Hall–Kier alpha value is -3.34. The Balaban J connectivity index is 2.15. The van der Waals surface area contributed by atoms with Gasteiger partial charge in [-0.1, -0.05) is 0 Å². The number of carboxylic acid groups (broad SMARTS) is 1. The molecule has 134 valence electrons. The maximum atomic E-state index is 11.4. The standard InChI is InChI=1S/C18H18N4O4/c1-11(23)20-14-7-4-8-22-15(9-12(10-19)18(24)25)17(21-16(14)22)26-13-5-2-3-6-13/h4,7-9,13H,2-3,5-6H2,1H3,(H,20,23)(H,24,25). The second-order valence-corrected chi connectivity index (χ2v) is 6.10. The lowest BCUT2D eigenvalue weighted by atomic mass is 10.2. The van der Waals surface area contributed by atoms with Gasteiger partial charge in [0.2, 0.25) is 11.8 Å². The highest BCUT2D eigenvalue weighted by Gasteiger charge is 2.22. The van der Waals surface area contributed by atoms with Gasteiger partial charge in [-0.3, -0.25) is 9.20 Å². The van der Waals surface area contributed by atoms with E-state index < -0.39 is 11.5 Å². The Morgan fingerprint density at radius 1 is 1.46 bits per heavy atom. The number of amides is 1. The zero-order chi connectivity index (χ0) is 18.7. The molecule has 2 aromatic rings. The summed E-state index contributed by atoms with van der Waals surface area (Å²) in [6, 6.07) is 5.06. The van der Waals surface area contributed by atoms with E-state index in [1.165, 1.54) is 13.0 Å². The zero-order valence-corrected chi connectivity index (χ0v) is 14.2. The number of rotatable bonds is 5. The van der Waals surface area contributed by atoms with Crippen LogP contribution in [0.4, 0.5) is 5.69 Å². The van der Waals surface area contributed by atoms with Gasteiger partial charge in [-0.05, 0) is 43.9 Å². The Kier molecular flexibility index (Phi) is 4.89. The number of pyridine rings is 1. The van der Waals surface area contributed by atoms with Gasteiger partial charge in [0.05, 0.1) is 5.69 Å². The number of nitriles is 1. The van der Waals surface area contributed by atoms with Gasteiger partial charge in [0, 0.05) is 13.1 Å². The van der Waals surface area contributed by atoms with Crippen LogP contribution in [0.2, 0.25) is 0 Å². The second kappa shape index (κ2) is 7.27. The van der Waals surface area contributed by atoms with E-state index >= 15 is 0 Å². The van der Waals surface area contributed by atoms with Crippen molar-refractivity contribution in [3.63, 3.8) is 0 Å². The molecule has 0 aliphatic heterocycles. The van der Waals surface area contributed by atoms with Gasteiger partial charge >= 0.3 is 5.97 Å². The molecule has 0 atom stereocenters. The molecule has 0 unspecified atom stereocenters. The fraction of sp³-hybridized carbons (Fsp3) is 0.333. The summed E-state index contributed by atoms with van der Waals surface area (Å²) in [7, 11) is 0. The summed E-state index contributed by atoms with van der Waals surface area (Å²) < 4.78 is 7.59. The van der Waals surface area contributed by atoms with Crippen molar-refractivity contribution < 1.29 is 19.4 Å². The lowest BCUT2D eigenvalue weighted by Gasteiger charge is -2.11. The van der Waals surface area contributed by atoms with Gasteiger partial charge in [0.1, 0.15) is 23.4 Å². The molecule has 1 aliphatic carbocycles. The normalized spacial score (nSPS) is 15.0. The number of carbonyl (C=O) groups is 2. The highest BCUT2D eigenvalue weighted by Crippen LogP contribution is 2.30. The second-order valence-electron chi connectivity index (χ2n) is 6.10. The van der Waals surface area contributed by atoms with Crippen LogP contribution in [-0.2, 0) is 9.59 Å². The molecule has 0 saturated heterocycles. The van der Waals surface area contributed by atoms with Crippen LogP contribution in [0.25, 0.3) is 11.7 Å². The quantitative estimate of drug-likeness (QED) is 0.630. The molecule has 1 aliphatic rings. The SMILES string of the molecule is CC(=O)Nc1cccn2c(C=C(C#N)C(=O)O)c(OC3CCCC3)nc12. The van der Waals surface area contributed by atoms with Gasteiger partial charge < -0.3 is 15.2 Å². The van der Waals surface area contributed by atoms with Crippen molar-refractivity contribution in [3.05, 3.63) is 29.6 Å². The van der Waals surface area contributed by atoms with Crippen molar-refractivity contribution in [2.75, 3.05) is 5.32 Å². The molecule has 2 aromatic heterocycles. The van der Waals surface area contributed by atoms with Gasteiger partial charge in [-0.15, -0.1) is 0 Å². The Labute approximate surface area is 149 Å². The fourth-order valence-corrected chi connectivity index (χ4v) is 3.01. The predicted molar refractivity (Wildman–Crippen MR) is 93.6 cm³/mol. The summed E-state index contributed by atoms with van der Waals surface area (Å²) in [5.74, 6) is -1.32. The average Bonchev–Trinajstić information content (AvgIpc) is 3.21. The van der Waals surface area contributed by atoms with Crippen molar-refractivity contribution in [3.8, 4) is 11.9 Å². The van der Waals surface area contributed by atoms with E-state index in [2.05, 4.69) is 10.3 Å². The molecule has 0 radical (unpaired) electrons. The molecule has 3 rings (SSSR count). The number of fused-ring (bicyclic) bond motifs is 1. The van der Waals surface area contributed by atoms with Crippen molar-refractivity contribution in [2.24, 2.45) is 0 Å². The number of imidazole rings is 1. The van der Waals surface area contributed by atoms with Gasteiger partial charge in [-0.25, -0.2) is 4.79 Å². The van der Waals surface area contributed by atoms with Crippen LogP contribution in [0.1, 0.15) is 38.3 Å². The van der Waals surface area contributed by atoms with Crippen molar-refractivity contribution in [1.82, 2.24) is 9.38 Å². The van der Waals surface area contributed by atoms with Crippen LogP contribution in [0.5, 0.6) is 5.88 Å². The van der Waals surface area contributed by atoms with Crippen LogP contribution < -0.4 is 10.1 Å². The third kappa shape index (κ3) is 3.52. The van der Waals surface area contributed by atoms with Gasteiger partial charge in [0.15, 0.2) is 5.65 Å². The molecule has 26 heavy (non-hydrogen) atoms. The number of aliphatic carboxylic acids is 1. The van der Waals surface area contributed by atoms with E-state index in [-0.39, 0.29) is 17.9 Å². The fourth-order valence-electron chi connectivity index (χ4n) is 3.01. The Morgan fingerprint density at radius 3 is 2.81 bits per heavy atom. The maximum Gasteiger partial charge on any atom is 0.346 e. The molecule has 2 heterocycles. The third-order valence-corrected chi connectivity index (χ3v) is 4.18. The number of anilines is 1. The number of nitrogens with zero attached hydrogens (tertiary/aromatic N) is 3. The summed E-state index contributed by atoms with van der Waals surface area (Å²) in [6.07, 6.45) is 6.87. The van der Waals surface area contributed by atoms with E-state index in [1.54, 1.807) is 28.8 Å². The molecule has 0 spiro atoms. The van der Waals surface area contributed by atoms with Crippen LogP contribution in [0.3, 0.4) is 0 Å². The van der Waals surface area contributed by atoms with Crippen LogP contribution in [0.15, 0.2) is 23.9 Å². The third-order valence-electron chi connectivity index (χ3n) is 4.18. The van der Waals surface area contributed by atoms with E-state index in [1.807, 2.05) is 0 Å². The molecule has 1 saturated carbocycles. The smallest absolute Gasteiger partial charge is 0.346 e. The van der Waals surface area contributed by atoms with Gasteiger partial charge in [-0.2, -0.15) is 10.2 Å². The minimum Gasteiger partial charge on any atom is -0.477 e. The molecular weight excluding hydrogens is 336 g/mol. The monoisotopic (exact) mass is 354 g/mol. The van der Waals surface area contributed by atoms with Crippen molar-refractivity contribution >= 4 is 29.3 Å². The summed E-state index contributed by atoms with van der Waals surface area (Å²) >= 11 is 0. The number of aromatic nitrogens is 2. The molecule has 8 nitrogen and oxygen atoms in total. The van der Waals surface area contributed by atoms with Crippen molar-refractivity contribution in [1.29, 1.82) is 5.26 Å². The molecule has 0 aromatic carbocycles. The first-order chi connectivity index (χ1) is 12.5. The molecule has 0 bridgehead atoms. The topological polar surface area (TPSA) is 117 Å². The molecule has 2 N–H and O–H groups in total. The molecular formula is C18H18N4O4. The summed E-state index contributed by atoms with van der Waals surface area (Å²) in [5, 5.41) is 21.0. The van der Waals surface area contributed by atoms with E-state index in [9.17, 15) is 14.7 Å². The lowest BCUT2D eigenvalue weighted by Crippen LogP contribution is -2.12. The first kappa shape index (κ1) is 17.5.